The summed E-state index contributed by atoms with van der Waals surface area (Å²) in [6, 6.07) is 0. The first-order chi connectivity index (χ1) is 7.52. The summed E-state index contributed by atoms with van der Waals surface area (Å²) in [4.78, 5) is 13.6. The molecule has 2 unspecified atom stereocenters. The average Bonchev–Trinajstić information content (AvgIpc) is 2.77. The molecule has 0 bridgehead atoms. The monoisotopic (exact) mass is 243 g/mol. The van der Waals surface area contributed by atoms with Crippen molar-refractivity contribution < 1.29 is 9.90 Å². The lowest BCUT2D eigenvalue weighted by atomic mass is 10.3. The van der Waals surface area contributed by atoms with Crippen molar-refractivity contribution in [3.8, 4) is 0 Å². The van der Waals surface area contributed by atoms with Gasteiger partial charge in [-0.25, -0.2) is 0 Å². The Morgan fingerprint density at radius 3 is 2.81 bits per heavy atom. The Hall–Kier alpha value is -0.480. The van der Waals surface area contributed by atoms with Crippen LogP contribution in [0.3, 0.4) is 0 Å². The van der Waals surface area contributed by atoms with E-state index in [-0.39, 0.29) is 17.3 Å². The number of amides is 1. The van der Waals surface area contributed by atoms with Crippen molar-refractivity contribution >= 4 is 17.7 Å². The molecular weight excluding hydrogens is 222 g/mol. The Bertz CT molecular complexity index is 276. The Labute approximate surface area is 102 Å². The highest BCUT2D eigenvalue weighted by Crippen LogP contribution is 2.22. The fourth-order valence-electron chi connectivity index (χ4n) is 1.56. The van der Waals surface area contributed by atoms with Gasteiger partial charge in [0.1, 0.15) is 0 Å². The van der Waals surface area contributed by atoms with Crippen molar-refractivity contribution in [1.29, 1.82) is 0 Å². The Kier molecular flexibility index (Phi) is 5.35. The summed E-state index contributed by atoms with van der Waals surface area (Å²) >= 11 is 1.51. The minimum atomic E-state index is -0.367. The van der Waals surface area contributed by atoms with Gasteiger partial charge in [0.25, 0.3) is 0 Å². The number of nitrogens with zero attached hydrogens (tertiary/aromatic N) is 1. The van der Waals surface area contributed by atoms with Crippen molar-refractivity contribution in [3.63, 3.8) is 0 Å². The van der Waals surface area contributed by atoms with Crippen LogP contribution in [0.15, 0.2) is 11.8 Å². The highest BCUT2D eigenvalue weighted by atomic mass is 32.2. The summed E-state index contributed by atoms with van der Waals surface area (Å²) < 4.78 is 0. The van der Waals surface area contributed by atoms with Crippen molar-refractivity contribution in [2.24, 2.45) is 0 Å². The number of rotatable bonds is 5. The molecule has 1 rings (SSSR count). The molecule has 0 aromatic rings. The van der Waals surface area contributed by atoms with E-state index in [9.17, 15) is 9.90 Å². The molecule has 1 aliphatic carbocycles. The van der Waals surface area contributed by atoms with E-state index in [0.717, 1.165) is 25.0 Å². The van der Waals surface area contributed by atoms with Gasteiger partial charge in [-0.15, -0.1) is 11.8 Å². The largest absolute Gasteiger partial charge is 0.392 e. The van der Waals surface area contributed by atoms with Crippen LogP contribution in [0.2, 0.25) is 0 Å². The molecule has 2 atom stereocenters. The van der Waals surface area contributed by atoms with Crippen LogP contribution in [0.1, 0.15) is 33.1 Å². The Morgan fingerprint density at radius 1 is 1.62 bits per heavy atom. The summed E-state index contributed by atoms with van der Waals surface area (Å²) in [5.74, 6) is 0.575. The summed E-state index contributed by atoms with van der Waals surface area (Å²) in [7, 11) is 1.84. The van der Waals surface area contributed by atoms with Crippen LogP contribution < -0.4 is 0 Å². The first-order valence-electron chi connectivity index (χ1n) is 5.77. The van der Waals surface area contributed by atoms with Gasteiger partial charge in [0.05, 0.1) is 11.9 Å². The maximum Gasteiger partial charge on any atom is 0.236 e. The minimum Gasteiger partial charge on any atom is -0.392 e. The zero-order valence-corrected chi connectivity index (χ0v) is 11.1. The van der Waals surface area contributed by atoms with Crippen LogP contribution >= 0.6 is 11.8 Å². The molecule has 1 N–H and O–H groups in total. The van der Waals surface area contributed by atoms with Gasteiger partial charge >= 0.3 is 0 Å². The molecule has 0 heterocycles. The topological polar surface area (TPSA) is 40.5 Å². The third kappa shape index (κ3) is 3.83. The molecule has 92 valence electrons. The van der Waals surface area contributed by atoms with Gasteiger partial charge in [-0.1, -0.05) is 13.0 Å². The molecule has 0 saturated heterocycles. The Morgan fingerprint density at radius 2 is 2.31 bits per heavy atom. The predicted octanol–water partition coefficient (Wildman–Crippen LogP) is 2.02. The van der Waals surface area contributed by atoms with E-state index in [2.05, 4.69) is 6.08 Å². The summed E-state index contributed by atoms with van der Waals surface area (Å²) in [5, 5.41) is 9.43. The molecule has 0 aliphatic heterocycles. The van der Waals surface area contributed by atoms with Crippen molar-refractivity contribution in [2.75, 3.05) is 12.8 Å². The van der Waals surface area contributed by atoms with E-state index < -0.39 is 0 Å². The lowest BCUT2D eigenvalue weighted by molar-refractivity contribution is -0.125. The van der Waals surface area contributed by atoms with Crippen LogP contribution in [0, 0.1) is 0 Å². The molecule has 0 fully saturated rings. The molecule has 16 heavy (non-hydrogen) atoms. The second kappa shape index (κ2) is 6.30. The second-order valence-corrected chi connectivity index (χ2v) is 5.66. The molecule has 3 nitrogen and oxygen atoms in total. The number of hydrogen-bond acceptors (Lipinski definition) is 3. The first-order valence-corrected chi connectivity index (χ1v) is 6.82. The molecule has 0 spiro atoms. The lowest BCUT2D eigenvalue weighted by Crippen LogP contribution is -2.28. The fourth-order valence-corrected chi connectivity index (χ4v) is 2.44. The molecule has 0 saturated carbocycles. The molecule has 4 heteroatoms. The van der Waals surface area contributed by atoms with Crippen molar-refractivity contribution in [1.82, 2.24) is 4.90 Å². The van der Waals surface area contributed by atoms with Gasteiger partial charge in [0, 0.05) is 18.0 Å². The predicted molar refractivity (Wildman–Crippen MR) is 68.3 cm³/mol. The van der Waals surface area contributed by atoms with Crippen LogP contribution in [0.4, 0.5) is 0 Å². The number of carbonyl (C=O) groups excluding carboxylic acids is 1. The van der Waals surface area contributed by atoms with Crippen LogP contribution in [-0.4, -0.2) is 40.1 Å². The quantitative estimate of drug-likeness (QED) is 0.803. The van der Waals surface area contributed by atoms with E-state index in [1.807, 2.05) is 14.0 Å². The van der Waals surface area contributed by atoms with Gasteiger partial charge in [-0.05, 0) is 26.2 Å². The molecule has 1 aliphatic rings. The summed E-state index contributed by atoms with van der Waals surface area (Å²) in [6.45, 7) is 3.70. The van der Waals surface area contributed by atoms with E-state index in [1.165, 1.54) is 11.8 Å². The highest BCUT2D eigenvalue weighted by Gasteiger charge is 2.18. The maximum absolute atomic E-state index is 11.8. The van der Waals surface area contributed by atoms with Crippen LogP contribution in [0.5, 0.6) is 0 Å². The molecule has 0 radical (unpaired) electrons. The molecule has 0 aromatic carbocycles. The minimum absolute atomic E-state index is 0.106. The number of aliphatic hydroxyl groups excluding tert-OH is 1. The second-order valence-electron chi connectivity index (χ2n) is 4.30. The van der Waals surface area contributed by atoms with Gasteiger partial charge in [0.2, 0.25) is 5.91 Å². The normalized spacial score (nSPS) is 19.1. The number of carbonyl (C=O) groups is 1. The lowest BCUT2D eigenvalue weighted by Gasteiger charge is -2.20. The van der Waals surface area contributed by atoms with Crippen LogP contribution in [-0.2, 0) is 4.79 Å². The standard InChI is InChI=1S/C12H21NO2S/c1-9(14)10(2)16-8-12(15)13(3)11-6-4-5-7-11/h6,9-10,14H,4-5,7-8H2,1-3H3. The van der Waals surface area contributed by atoms with E-state index in [0.29, 0.717) is 5.75 Å². The maximum atomic E-state index is 11.8. The molecule has 1 amide bonds. The van der Waals surface area contributed by atoms with Gasteiger partial charge in [0.15, 0.2) is 0 Å². The third-order valence-electron chi connectivity index (χ3n) is 2.97. The number of thioether (sulfide) groups is 1. The zero-order valence-electron chi connectivity index (χ0n) is 10.3. The van der Waals surface area contributed by atoms with Gasteiger partial charge in [-0.3, -0.25) is 4.79 Å². The number of hydrogen-bond donors (Lipinski definition) is 1. The van der Waals surface area contributed by atoms with Crippen LogP contribution in [0.25, 0.3) is 0 Å². The highest BCUT2D eigenvalue weighted by molar-refractivity contribution is 8.00. The van der Waals surface area contributed by atoms with E-state index in [1.54, 1.807) is 11.8 Å². The SMILES string of the molecule is CC(O)C(C)SCC(=O)N(C)C1=CCCC1. The third-order valence-corrected chi connectivity index (χ3v) is 4.30. The molecule has 0 aromatic heterocycles. The summed E-state index contributed by atoms with van der Waals surface area (Å²) in [6.07, 6.45) is 5.03. The fraction of sp³-hybridized carbons (Fsp3) is 0.750. The smallest absolute Gasteiger partial charge is 0.236 e. The average molecular weight is 243 g/mol. The van der Waals surface area contributed by atoms with E-state index in [4.69, 9.17) is 0 Å². The number of aliphatic hydroxyl groups is 1. The van der Waals surface area contributed by atoms with Crippen molar-refractivity contribution in [2.45, 2.75) is 44.5 Å². The van der Waals surface area contributed by atoms with E-state index >= 15 is 0 Å². The zero-order chi connectivity index (χ0) is 12.1. The van der Waals surface area contributed by atoms with Crippen molar-refractivity contribution in [3.05, 3.63) is 11.8 Å². The Balaban J connectivity index is 2.34. The van der Waals surface area contributed by atoms with Gasteiger partial charge < -0.3 is 10.0 Å². The number of allylic oxidation sites excluding steroid dienone is 2. The molecular formula is C12H21NO2S. The summed E-state index contributed by atoms with van der Waals surface area (Å²) in [5.41, 5.74) is 1.15. The first kappa shape index (κ1) is 13.6. The van der Waals surface area contributed by atoms with Gasteiger partial charge in [-0.2, -0.15) is 0 Å².